The van der Waals surface area contributed by atoms with E-state index in [9.17, 15) is 0 Å². The van der Waals surface area contributed by atoms with Gasteiger partial charge >= 0.3 is 0 Å². The third-order valence-corrected chi connectivity index (χ3v) is 5.72. The summed E-state index contributed by atoms with van der Waals surface area (Å²) in [6.45, 7) is 11.6. The van der Waals surface area contributed by atoms with E-state index in [1.807, 2.05) is 0 Å². The second-order valence-corrected chi connectivity index (χ2v) is 8.67. The van der Waals surface area contributed by atoms with Gasteiger partial charge in [0, 0.05) is 24.7 Å². The molecule has 3 rings (SSSR count). The van der Waals surface area contributed by atoms with E-state index in [1.54, 1.807) is 0 Å². The molecule has 3 fully saturated rings. The summed E-state index contributed by atoms with van der Waals surface area (Å²) in [4.78, 5) is 2.79. The third kappa shape index (κ3) is 4.00. The molecule has 0 aromatic carbocycles. The molecule has 0 aromatic rings. The lowest BCUT2D eigenvalue weighted by atomic mass is 9.73. The number of nitrogens with one attached hydrogen (secondary N) is 1. The number of nitrogens with zero attached hydrogens (tertiary/aromatic N) is 1. The van der Waals surface area contributed by atoms with Crippen LogP contribution in [-0.4, -0.2) is 48.3 Å². The van der Waals surface area contributed by atoms with E-state index < -0.39 is 0 Å². The molecular formula is C18H34N2O. The van der Waals surface area contributed by atoms with Crippen molar-refractivity contribution in [1.29, 1.82) is 0 Å². The van der Waals surface area contributed by atoms with Crippen LogP contribution in [0.4, 0.5) is 0 Å². The zero-order chi connectivity index (χ0) is 14.9. The topological polar surface area (TPSA) is 24.5 Å². The predicted octanol–water partition coefficient (Wildman–Crippen LogP) is 3.19. The van der Waals surface area contributed by atoms with Crippen LogP contribution in [0.2, 0.25) is 0 Å². The highest BCUT2D eigenvalue weighted by Gasteiger charge is 2.44. The number of hydrogen-bond acceptors (Lipinski definition) is 3. The number of hydrogen-bond donors (Lipinski definition) is 1. The molecule has 0 aromatic heterocycles. The molecule has 122 valence electrons. The molecule has 2 unspecified atom stereocenters. The molecule has 3 heteroatoms. The summed E-state index contributed by atoms with van der Waals surface area (Å²) < 4.78 is 6.10. The summed E-state index contributed by atoms with van der Waals surface area (Å²) >= 11 is 0. The zero-order valence-corrected chi connectivity index (χ0v) is 14.3. The van der Waals surface area contributed by atoms with Crippen molar-refractivity contribution in [1.82, 2.24) is 10.2 Å². The Balaban J connectivity index is 1.51. The van der Waals surface area contributed by atoms with Crippen LogP contribution in [0.25, 0.3) is 0 Å². The molecule has 1 aliphatic carbocycles. The summed E-state index contributed by atoms with van der Waals surface area (Å²) in [6, 6.07) is 0.788. The van der Waals surface area contributed by atoms with Gasteiger partial charge in [-0.2, -0.15) is 0 Å². The molecule has 2 heterocycles. The van der Waals surface area contributed by atoms with Gasteiger partial charge in [-0.05, 0) is 84.7 Å². The Kier molecular flexibility index (Phi) is 4.63. The molecular weight excluding hydrogens is 260 g/mol. The molecule has 3 nitrogen and oxygen atoms in total. The SMILES string of the molecule is CC(C)(C)NCC1CCCN(C2CCOC3(CCC3)C2)C1. The highest BCUT2D eigenvalue weighted by Crippen LogP contribution is 2.43. The largest absolute Gasteiger partial charge is 0.375 e. The monoisotopic (exact) mass is 294 g/mol. The van der Waals surface area contributed by atoms with Crippen molar-refractivity contribution < 1.29 is 4.74 Å². The highest BCUT2D eigenvalue weighted by atomic mass is 16.5. The van der Waals surface area contributed by atoms with Crippen LogP contribution in [-0.2, 0) is 4.74 Å². The van der Waals surface area contributed by atoms with E-state index in [1.165, 1.54) is 64.6 Å². The first-order valence-electron chi connectivity index (χ1n) is 9.09. The van der Waals surface area contributed by atoms with Gasteiger partial charge in [-0.1, -0.05) is 0 Å². The summed E-state index contributed by atoms with van der Waals surface area (Å²) in [5.41, 5.74) is 0.538. The molecule has 21 heavy (non-hydrogen) atoms. The normalized spacial score (nSPS) is 33.9. The van der Waals surface area contributed by atoms with Gasteiger partial charge in [-0.25, -0.2) is 0 Å². The predicted molar refractivity (Wildman–Crippen MR) is 87.6 cm³/mol. The Bertz CT molecular complexity index is 346. The smallest absolute Gasteiger partial charge is 0.0697 e. The van der Waals surface area contributed by atoms with Crippen LogP contribution in [0.1, 0.15) is 65.7 Å². The summed E-state index contributed by atoms with van der Waals surface area (Å²) in [7, 11) is 0. The van der Waals surface area contributed by atoms with Gasteiger partial charge in [0.05, 0.1) is 5.60 Å². The van der Waals surface area contributed by atoms with Crippen LogP contribution in [0.5, 0.6) is 0 Å². The van der Waals surface area contributed by atoms with Gasteiger partial charge < -0.3 is 10.1 Å². The second kappa shape index (κ2) is 6.17. The quantitative estimate of drug-likeness (QED) is 0.865. The lowest BCUT2D eigenvalue weighted by Crippen LogP contribution is -2.54. The minimum Gasteiger partial charge on any atom is -0.375 e. The van der Waals surface area contributed by atoms with Crippen LogP contribution in [0.3, 0.4) is 0 Å². The Labute approximate surface area is 130 Å². The zero-order valence-electron chi connectivity index (χ0n) is 14.3. The summed E-state index contributed by atoms with van der Waals surface area (Å²) in [5, 5.41) is 3.70. The molecule has 2 saturated heterocycles. The average molecular weight is 294 g/mol. The molecule has 2 atom stereocenters. The maximum absolute atomic E-state index is 6.10. The third-order valence-electron chi connectivity index (χ3n) is 5.72. The van der Waals surface area contributed by atoms with Gasteiger partial charge in [-0.15, -0.1) is 0 Å². The van der Waals surface area contributed by atoms with Crippen molar-refractivity contribution >= 4 is 0 Å². The van der Waals surface area contributed by atoms with Gasteiger partial charge in [0.25, 0.3) is 0 Å². The van der Waals surface area contributed by atoms with Gasteiger partial charge in [0.15, 0.2) is 0 Å². The van der Waals surface area contributed by atoms with Crippen molar-refractivity contribution in [2.75, 3.05) is 26.2 Å². The van der Waals surface area contributed by atoms with Crippen LogP contribution in [0.15, 0.2) is 0 Å². The number of likely N-dealkylation sites (tertiary alicyclic amines) is 1. The minimum absolute atomic E-state index is 0.247. The number of ether oxygens (including phenoxy) is 1. The fourth-order valence-corrected chi connectivity index (χ4v) is 4.28. The molecule has 2 aliphatic heterocycles. The Morgan fingerprint density at radius 1 is 1.19 bits per heavy atom. The first-order valence-corrected chi connectivity index (χ1v) is 9.09. The average Bonchev–Trinajstić information content (AvgIpc) is 2.43. The maximum atomic E-state index is 6.10. The van der Waals surface area contributed by atoms with Gasteiger partial charge in [0.2, 0.25) is 0 Å². The van der Waals surface area contributed by atoms with Gasteiger partial charge in [0.1, 0.15) is 0 Å². The van der Waals surface area contributed by atoms with E-state index in [4.69, 9.17) is 4.74 Å². The van der Waals surface area contributed by atoms with E-state index >= 15 is 0 Å². The van der Waals surface area contributed by atoms with Gasteiger partial charge in [-0.3, -0.25) is 4.90 Å². The Morgan fingerprint density at radius 2 is 2.00 bits per heavy atom. The minimum atomic E-state index is 0.247. The first-order chi connectivity index (χ1) is 9.96. The molecule has 0 amide bonds. The van der Waals surface area contributed by atoms with Crippen LogP contribution >= 0.6 is 0 Å². The van der Waals surface area contributed by atoms with Crippen molar-refractivity contribution in [3.8, 4) is 0 Å². The fourth-order valence-electron chi connectivity index (χ4n) is 4.28. The fraction of sp³-hybridized carbons (Fsp3) is 1.00. The van der Waals surface area contributed by atoms with Crippen LogP contribution < -0.4 is 5.32 Å². The van der Waals surface area contributed by atoms with E-state index in [0.29, 0.717) is 5.60 Å². The highest BCUT2D eigenvalue weighted by molar-refractivity contribution is 4.97. The van der Waals surface area contributed by atoms with E-state index in [-0.39, 0.29) is 5.54 Å². The van der Waals surface area contributed by atoms with E-state index in [2.05, 4.69) is 31.0 Å². The molecule has 1 spiro atoms. The lowest BCUT2D eigenvalue weighted by Gasteiger charge is -2.50. The first kappa shape index (κ1) is 15.8. The van der Waals surface area contributed by atoms with E-state index in [0.717, 1.165) is 18.6 Å². The standard InChI is InChI=1S/C18H34N2O/c1-17(2,3)19-13-15-6-4-10-20(14-15)16-7-11-21-18(12-16)8-5-9-18/h15-16,19H,4-14H2,1-3H3. The lowest BCUT2D eigenvalue weighted by molar-refractivity contribution is -0.151. The molecule has 1 saturated carbocycles. The molecule has 0 bridgehead atoms. The number of rotatable bonds is 3. The Hall–Kier alpha value is -0.120. The van der Waals surface area contributed by atoms with Crippen molar-refractivity contribution in [2.24, 2.45) is 5.92 Å². The maximum Gasteiger partial charge on any atom is 0.0697 e. The van der Waals surface area contributed by atoms with Crippen molar-refractivity contribution in [3.05, 3.63) is 0 Å². The molecule has 1 N–H and O–H groups in total. The van der Waals surface area contributed by atoms with Crippen molar-refractivity contribution in [2.45, 2.75) is 82.9 Å². The van der Waals surface area contributed by atoms with Crippen molar-refractivity contribution in [3.63, 3.8) is 0 Å². The summed E-state index contributed by atoms with van der Waals surface area (Å²) in [6.07, 6.45) is 9.33. The molecule has 0 radical (unpaired) electrons. The second-order valence-electron chi connectivity index (χ2n) is 8.67. The Morgan fingerprint density at radius 3 is 2.67 bits per heavy atom. The molecule has 3 aliphatic rings. The summed E-state index contributed by atoms with van der Waals surface area (Å²) in [5.74, 6) is 0.832. The number of piperidine rings is 1. The van der Waals surface area contributed by atoms with Crippen LogP contribution in [0, 0.1) is 5.92 Å².